The smallest absolute Gasteiger partial charge is 0.157 e. The Morgan fingerprint density at radius 1 is 1.14 bits per heavy atom. The third-order valence-corrected chi connectivity index (χ3v) is 5.53. The van der Waals surface area contributed by atoms with Gasteiger partial charge in [0, 0.05) is 21.8 Å². The van der Waals surface area contributed by atoms with Gasteiger partial charge >= 0.3 is 0 Å². The molecule has 2 aromatic carbocycles. The first kappa shape index (κ1) is 21.6. The Balaban J connectivity index is 2.06. The third-order valence-electron chi connectivity index (χ3n) is 4.46. The summed E-state index contributed by atoms with van der Waals surface area (Å²) in [6.07, 6.45) is 3.74. The van der Waals surface area contributed by atoms with Gasteiger partial charge in [0.1, 0.15) is 0 Å². The molecule has 0 saturated carbocycles. The van der Waals surface area contributed by atoms with Gasteiger partial charge in [0.15, 0.2) is 11.1 Å². The highest BCUT2D eigenvalue weighted by Crippen LogP contribution is 2.28. The van der Waals surface area contributed by atoms with Crippen molar-refractivity contribution in [3.05, 3.63) is 99.3 Å². The summed E-state index contributed by atoms with van der Waals surface area (Å²) in [6, 6.07) is 19.3. The van der Waals surface area contributed by atoms with Crippen LogP contribution in [0.4, 0.5) is 0 Å². The van der Waals surface area contributed by atoms with E-state index >= 15 is 0 Å². The van der Waals surface area contributed by atoms with E-state index < -0.39 is 16.7 Å². The molecule has 6 heteroatoms. The molecule has 0 amide bonds. The van der Waals surface area contributed by atoms with Crippen LogP contribution in [-0.4, -0.2) is 18.9 Å². The van der Waals surface area contributed by atoms with Crippen LogP contribution in [0, 0.1) is 0 Å². The maximum absolute atomic E-state index is 11.1. The lowest BCUT2D eigenvalue weighted by Crippen LogP contribution is -2.15. The second kappa shape index (κ2) is 9.13. The first-order valence-corrected chi connectivity index (χ1v) is 11.1. The maximum atomic E-state index is 11.1. The van der Waals surface area contributed by atoms with Gasteiger partial charge in [0.05, 0.1) is 17.0 Å². The van der Waals surface area contributed by atoms with E-state index in [0.717, 1.165) is 38.0 Å². The molecule has 4 nitrogen and oxygen atoms in total. The Kier molecular flexibility index (Phi) is 6.80. The molecule has 0 radical (unpaired) electrons. The van der Waals surface area contributed by atoms with Crippen LogP contribution in [0.15, 0.2) is 71.3 Å². The summed E-state index contributed by atoms with van der Waals surface area (Å²) in [6.45, 7) is 3.46. The number of pyridine rings is 1. The van der Waals surface area contributed by atoms with Crippen molar-refractivity contribution in [2.75, 3.05) is 0 Å². The van der Waals surface area contributed by atoms with Crippen LogP contribution in [0.2, 0.25) is 0 Å². The van der Waals surface area contributed by atoms with Crippen molar-refractivity contribution in [2.24, 2.45) is 0 Å². The van der Waals surface area contributed by atoms with Crippen molar-refractivity contribution in [3.8, 4) is 0 Å². The molecule has 29 heavy (non-hydrogen) atoms. The normalized spacial score (nSPS) is 13.3. The van der Waals surface area contributed by atoms with Gasteiger partial charge in [0.25, 0.3) is 0 Å². The van der Waals surface area contributed by atoms with Gasteiger partial charge in [-0.25, -0.2) is 4.21 Å². The van der Waals surface area contributed by atoms with E-state index in [1.165, 1.54) is 0 Å². The minimum Gasteiger partial charge on any atom is -0.386 e. The Morgan fingerprint density at radius 3 is 2.41 bits per heavy atom. The highest BCUT2D eigenvalue weighted by molar-refractivity contribution is 9.10. The van der Waals surface area contributed by atoms with E-state index in [4.69, 9.17) is 4.55 Å². The summed E-state index contributed by atoms with van der Waals surface area (Å²) >= 11 is 1.63. The zero-order valence-electron chi connectivity index (χ0n) is 16.2. The van der Waals surface area contributed by atoms with E-state index in [9.17, 15) is 9.32 Å². The van der Waals surface area contributed by atoms with Crippen LogP contribution >= 0.6 is 15.9 Å². The lowest BCUT2D eigenvalue weighted by molar-refractivity contribution is 0.0782. The van der Waals surface area contributed by atoms with Crippen LogP contribution < -0.4 is 0 Å². The minimum atomic E-state index is -1.87. The predicted octanol–water partition coefficient (Wildman–Crippen LogP) is 5.38. The van der Waals surface area contributed by atoms with Gasteiger partial charge in [0.2, 0.25) is 0 Å². The molecule has 0 aliphatic rings. The highest BCUT2D eigenvalue weighted by Gasteiger charge is 2.17. The van der Waals surface area contributed by atoms with Crippen molar-refractivity contribution in [1.29, 1.82) is 0 Å². The molecular weight excluding hydrogens is 450 g/mol. The largest absolute Gasteiger partial charge is 0.386 e. The predicted molar refractivity (Wildman–Crippen MR) is 122 cm³/mol. The lowest BCUT2D eigenvalue weighted by atomic mass is 9.96. The van der Waals surface area contributed by atoms with Crippen LogP contribution in [-0.2, 0) is 22.4 Å². The number of nitrogens with zero attached hydrogens (tertiary/aromatic N) is 1. The van der Waals surface area contributed by atoms with Gasteiger partial charge in [-0.3, -0.25) is 4.98 Å². The maximum Gasteiger partial charge on any atom is 0.157 e. The monoisotopic (exact) mass is 471 g/mol. The van der Waals surface area contributed by atoms with Crippen LogP contribution in [0.3, 0.4) is 0 Å². The molecule has 150 valence electrons. The molecule has 3 aromatic rings. The summed E-state index contributed by atoms with van der Waals surface area (Å²) in [5.41, 5.74) is 4.23. The lowest BCUT2D eigenvalue weighted by Gasteiger charge is -2.18. The molecule has 0 fully saturated rings. The fourth-order valence-corrected chi connectivity index (χ4v) is 3.80. The second-order valence-corrected chi connectivity index (χ2v) is 9.11. The zero-order chi connectivity index (χ0) is 21.0. The van der Waals surface area contributed by atoms with E-state index in [2.05, 4.69) is 27.0 Å². The number of halogens is 1. The first-order chi connectivity index (χ1) is 13.7. The summed E-state index contributed by atoms with van der Waals surface area (Å²) in [5, 5.41) is 10.2. The molecular formula is C23H22BrNO3S. The summed E-state index contributed by atoms with van der Waals surface area (Å²) in [4.78, 5) is 4.58. The van der Waals surface area contributed by atoms with Gasteiger partial charge in [-0.2, -0.15) is 0 Å². The van der Waals surface area contributed by atoms with Gasteiger partial charge < -0.3 is 9.66 Å². The number of hydrogen-bond acceptors (Lipinski definition) is 3. The quantitative estimate of drug-likeness (QED) is 0.373. The molecule has 0 saturated heterocycles. The Labute approximate surface area is 181 Å². The fourth-order valence-electron chi connectivity index (χ4n) is 2.91. The average Bonchev–Trinajstić information content (AvgIpc) is 2.66. The van der Waals surface area contributed by atoms with Gasteiger partial charge in [-0.05, 0) is 54.8 Å². The fraction of sp³-hybridized carbons (Fsp3) is 0.174. The number of aliphatic hydroxyl groups is 1. The third kappa shape index (κ3) is 5.93. The zero-order valence-corrected chi connectivity index (χ0v) is 18.6. The summed E-state index contributed by atoms with van der Waals surface area (Å²) in [5.74, 6) is 0.101. The van der Waals surface area contributed by atoms with Crippen molar-refractivity contribution < 1.29 is 13.9 Å². The topological polar surface area (TPSA) is 70.4 Å². The van der Waals surface area contributed by atoms with Crippen LogP contribution in [0.5, 0.6) is 0 Å². The van der Waals surface area contributed by atoms with Crippen molar-refractivity contribution in [2.45, 2.75) is 25.2 Å². The Hall–Kier alpha value is -2.12. The Bertz CT molecular complexity index is 1040. The molecule has 0 spiro atoms. The molecule has 0 aliphatic carbocycles. The van der Waals surface area contributed by atoms with Crippen LogP contribution in [0.1, 0.15) is 41.8 Å². The SMILES string of the molecule is CC(C)(O)c1ccc(/C(=C/c2cccc(Br)c2)c2ccc(CS(=O)O)cc2)nc1. The summed E-state index contributed by atoms with van der Waals surface area (Å²) in [7, 11) is 0. The molecule has 1 atom stereocenters. The molecule has 0 bridgehead atoms. The molecule has 0 aliphatic heterocycles. The van der Waals surface area contributed by atoms with Crippen molar-refractivity contribution in [1.82, 2.24) is 4.98 Å². The second-order valence-electron chi connectivity index (χ2n) is 7.27. The minimum absolute atomic E-state index is 0.101. The van der Waals surface area contributed by atoms with Crippen molar-refractivity contribution >= 4 is 38.7 Å². The molecule has 1 unspecified atom stereocenters. The van der Waals surface area contributed by atoms with Gasteiger partial charge in [-0.1, -0.05) is 58.4 Å². The van der Waals surface area contributed by atoms with E-state index in [-0.39, 0.29) is 5.75 Å². The number of rotatable bonds is 6. The average molecular weight is 472 g/mol. The molecule has 2 N–H and O–H groups in total. The van der Waals surface area contributed by atoms with E-state index in [0.29, 0.717) is 0 Å². The number of benzene rings is 2. The molecule has 1 aromatic heterocycles. The standard InChI is InChI=1S/C23H22BrNO3S/c1-23(2,26)19-10-11-22(25-14-19)21(13-17-4-3-5-20(24)12-17)18-8-6-16(7-9-18)15-29(27)28/h3-14,26H,15H2,1-2H3,(H,27,28)/b21-13+. The van der Waals surface area contributed by atoms with Crippen LogP contribution in [0.25, 0.3) is 11.6 Å². The number of aromatic nitrogens is 1. The van der Waals surface area contributed by atoms with Gasteiger partial charge in [-0.15, -0.1) is 0 Å². The Morgan fingerprint density at radius 2 is 1.86 bits per heavy atom. The summed E-state index contributed by atoms with van der Waals surface area (Å²) < 4.78 is 21.1. The first-order valence-electron chi connectivity index (χ1n) is 9.06. The number of hydrogen-bond donors (Lipinski definition) is 2. The van der Waals surface area contributed by atoms with Crippen molar-refractivity contribution in [3.63, 3.8) is 0 Å². The highest BCUT2D eigenvalue weighted by atomic mass is 79.9. The molecule has 1 heterocycles. The molecule has 3 rings (SSSR count). The van der Waals surface area contributed by atoms with E-state index in [1.807, 2.05) is 60.7 Å². The van der Waals surface area contributed by atoms with E-state index in [1.54, 1.807) is 20.0 Å².